The van der Waals surface area contributed by atoms with Crippen molar-refractivity contribution in [3.63, 3.8) is 0 Å². The Bertz CT molecular complexity index is 572. The molecule has 0 amide bonds. The highest BCUT2D eigenvalue weighted by molar-refractivity contribution is 5.71. The van der Waals surface area contributed by atoms with Crippen LogP contribution in [0.1, 0.15) is 44.9 Å². The van der Waals surface area contributed by atoms with Crippen LogP contribution in [0.4, 0.5) is 0 Å². The summed E-state index contributed by atoms with van der Waals surface area (Å²) < 4.78 is 5.85. The van der Waals surface area contributed by atoms with E-state index in [0.29, 0.717) is 23.9 Å². The molecule has 0 aromatic carbocycles. The molecule has 0 spiro atoms. The third-order valence-corrected chi connectivity index (χ3v) is 3.54. The van der Waals surface area contributed by atoms with Gasteiger partial charge in [-0.1, -0.05) is 36.5 Å². The summed E-state index contributed by atoms with van der Waals surface area (Å²) >= 11 is 0. The number of likely N-dealkylation sites (N-methyl/N-ethyl adjacent to an activating group) is 1. The number of esters is 1. The minimum Gasteiger partial charge on any atom is -0.481 e. The van der Waals surface area contributed by atoms with E-state index in [0.717, 1.165) is 12.8 Å². The first kappa shape index (κ1) is 25.6. The number of hydrogen-bond donors (Lipinski definition) is 2. The Hall–Kier alpha value is -2.41. The summed E-state index contributed by atoms with van der Waals surface area (Å²) in [5.41, 5.74) is 0. The van der Waals surface area contributed by atoms with Crippen LogP contribution >= 0.6 is 0 Å². The zero-order valence-electron chi connectivity index (χ0n) is 17.2. The Morgan fingerprint density at radius 1 is 0.893 bits per heavy atom. The molecule has 7 nitrogen and oxygen atoms in total. The number of carbonyl (C=O) groups excluding carboxylic acids is 1. The van der Waals surface area contributed by atoms with Crippen LogP contribution in [0, 0.1) is 0 Å². The second kappa shape index (κ2) is 14.6. The predicted octanol–water partition coefficient (Wildman–Crippen LogP) is 3.17. The second-order valence-electron chi connectivity index (χ2n) is 7.56. The van der Waals surface area contributed by atoms with Crippen LogP contribution in [0.5, 0.6) is 0 Å². The smallest absolute Gasteiger partial charge is 0.307 e. The molecule has 0 aliphatic carbocycles. The number of ether oxygens (including phenoxy) is 1. The van der Waals surface area contributed by atoms with Crippen molar-refractivity contribution in [2.75, 3.05) is 27.7 Å². The molecule has 0 aromatic heterocycles. The summed E-state index contributed by atoms with van der Waals surface area (Å²) in [4.78, 5) is 33.2. The third-order valence-electron chi connectivity index (χ3n) is 3.54. The average Bonchev–Trinajstić information content (AvgIpc) is 2.53. The third kappa shape index (κ3) is 18.4. The number of carboxylic acid groups (broad SMARTS) is 2. The number of unbranched alkanes of at least 4 members (excludes halogenated alkanes) is 1. The molecule has 0 saturated carbocycles. The van der Waals surface area contributed by atoms with E-state index in [2.05, 4.69) is 0 Å². The summed E-state index contributed by atoms with van der Waals surface area (Å²) in [5.74, 6) is -2.17. The van der Waals surface area contributed by atoms with Gasteiger partial charge in [0.2, 0.25) is 0 Å². The molecule has 1 unspecified atom stereocenters. The lowest BCUT2D eigenvalue weighted by Gasteiger charge is -2.28. The number of nitrogens with zero attached hydrogens (tertiary/aromatic N) is 1. The number of allylic oxidation sites excluding steroid dienone is 5. The fourth-order valence-electron chi connectivity index (χ4n) is 2.40. The second-order valence-corrected chi connectivity index (χ2v) is 7.56. The van der Waals surface area contributed by atoms with Gasteiger partial charge < -0.3 is 19.4 Å². The first-order chi connectivity index (χ1) is 13.1. The summed E-state index contributed by atoms with van der Waals surface area (Å²) in [6.07, 6.45) is 13.8. The molecule has 0 radical (unpaired) electrons. The Labute approximate surface area is 167 Å². The van der Waals surface area contributed by atoms with Gasteiger partial charge in [-0.05, 0) is 25.7 Å². The SMILES string of the molecule is C[N+](C)(C)CC(CC(=O)O)OC(=O)CCC/C=C/C/C=C/C/C=C/CC(=O)O. The summed E-state index contributed by atoms with van der Waals surface area (Å²) in [5, 5.41) is 17.4. The van der Waals surface area contributed by atoms with Gasteiger partial charge in [-0.3, -0.25) is 14.4 Å². The monoisotopic (exact) mass is 396 g/mol. The number of aliphatic carboxylic acids is 2. The van der Waals surface area contributed by atoms with Crippen molar-refractivity contribution in [1.29, 1.82) is 0 Å². The zero-order chi connectivity index (χ0) is 21.4. The molecule has 0 fully saturated rings. The van der Waals surface area contributed by atoms with E-state index in [1.165, 1.54) is 0 Å². The van der Waals surface area contributed by atoms with Gasteiger partial charge in [-0.25, -0.2) is 0 Å². The van der Waals surface area contributed by atoms with Crippen molar-refractivity contribution in [3.05, 3.63) is 36.5 Å². The molecule has 7 heteroatoms. The predicted molar refractivity (Wildman–Crippen MR) is 108 cm³/mol. The molecule has 0 saturated heterocycles. The molecule has 0 rings (SSSR count). The van der Waals surface area contributed by atoms with Gasteiger partial charge in [0.15, 0.2) is 6.10 Å². The lowest BCUT2D eigenvalue weighted by molar-refractivity contribution is -0.873. The van der Waals surface area contributed by atoms with Crippen LogP contribution in [-0.4, -0.2) is 66.4 Å². The van der Waals surface area contributed by atoms with Crippen molar-refractivity contribution >= 4 is 17.9 Å². The topological polar surface area (TPSA) is 101 Å². The Morgan fingerprint density at radius 2 is 1.46 bits per heavy atom. The van der Waals surface area contributed by atoms with Gasteiger partial charge in [0, 0.05) is 6.42 Å². The van der Waals surface area contributed by atoms with Gasteiger partial charge >= 0.3 is 17.9 Å². The van der Waals surface area contributed by atoms with Crippen molar-refractivity contribution in [2.45, 2.75) is 51.0 Å². The van der Waals surface area contributed by atoms with Gasteiger partial charge in [0.25, 0.3) is 0 Å². The van der Waals surface area contributed by atoms with E-state index in [9.17, 15) is 14.4 Å². The first-order valence-corrected chi connectivity index (χ1v) is 9.48. The van der Waals surface area contributed by atoms with E-state index in [4.69, 9.17) is 14.9 Å². The van der Waals surface area contributed by atoms with E-state index >= 15 is 0 Å². The van der Waals surface area contributed by atoms with E-state index < -0.39 is 18.0 Å². The maximum absolute atomic E-state index is 11.9. The highest BCUT2D eigenvalue weighted by atomic mass is 16.5. The number of hydrogen-bond acceptors (Lipinski definition) is 4. The normalized spacial score (nSPS) is 13.4. The molecule has 0 aliphatic heterocycles. The van der Waals surface area contributed by atoms with Crippen LogP contribution in [0.25, 0.3) is 0 Å². The maximum atomic E-state index is 11.9. The number of rotatable bonds is 15. The highest BCUT2D eigenvalue weighted by Gasteiger charge is 2.24. The Morgan fingerprint density at radius 3 is 2.00 bits per heavy atom. The maximum Gasteiger partial charge on any atom is 0.307 e. The van der Waals surface area contributed by atoms with E-state index in [-0.39, 0.29) is 25.2 Å². The van der Waals surface area contributed by atoms with Crippen molar-refractivity contribution in [3.8, 4) is 0 Å². The fraction of sp³-hybridized carbons (Fsp3) is 0.571. The van der Waals surface area contributed by atoms with Crippen LogP contribution in [0.15, 0.2) is 36.5 Å². The highest BCUT2D eigenvalue weighted by Crippen LogP contribution is 2.08. The molecule has 0 bridgehead atoms. The van der Waals surface area contributed by atoms with E-state index in [1.807, 2.05) is 51.5 Å². The first-order valence-electron chi connectivity index (χ1n) is 9.48. The molecule has 28 heavy (non-hydrogen) atoms. The molecule has 0 heterocycles. The minimum absolute atomic E-state index is 0.0442. The number of carboxylic acids is 2. The standard InChI is InChI=1S/C21H33NO6/c1-22(2,3)17-18(16-20(25)26)28-21(27)15-13-11-9-7-5-4-6-8-10-12-14-19(23)24/h4,6-7,9-10,12,18H,5,8,11,13-17H2,1-3H3,(H-,23,24,25,26)/p+1/b6-4+,9-7+,12-10+. The van der Waals surface area contributed by atoms with Crippen LogP contribution in [0.2, 0.25) is 0 Å². The molecular weight excluding hydrogens is 362 g/mol. The number of quaternary nitrogens is 1. The quantitative estimate of drug-likeness (QED) is 0.191. The lowest BCUT2D eigenvalue weighted by Crippen LogP contribution is -2.43. The molecular formula is C21H34NO6+. The van der Waals surface area contributed by atoms with Crippen LogP contribution in [0.3, 0.4) is 0 Å². The van der Waals surface area contributed by atoms with Gasteiger partial charge in [-0.2, -0.15) is 0 Å². The Balaban J connectivity index is 3.97. The number of carbonyl (C=O) groups is 3. The minimum atomic E-state index is -0.973. The van der Waals surface area contributed by atoms with Crippen molar-refractivity contribution < 1.29 is 33.8 Å². The molecule has 0 aliphatic rings. The fourth-order valence-corrected chi connectivity index (χ4v) is 2.40. The van der Waals surface area contributed by atoms with Crippen molar-refractivity contribution in [2.24, 2.45) is 0 Å². The largest absolute Gasteiger partial charge is 0.481 e. The van der Waals surface area contributed by atoms with Gasteiger partial charge in [0.1, 0.15) is 6.54 Å². The molecule has 1 atom stereocenters. The molecule has 2 N–H and O–H groups in total. The zero-order valence-corrected chi connectivity index (χ0v) is 17.2. The lowest BCUT2D eigenvalue weighted by atomic mass is 10.2. The van der Waals surface area contributed by atoms with Crippen LogP contribution in [-0.2, 0) is 19.1 Å². The van der Waals surface area contributed by atoms with Gasteiger partial charge in [0.05, 0.1) is 34.0 Å². The Kier molecular flexibility index (Phi) is 13.4. The summed E-state index contributed by atoms with van der Waals surface area (Å²) in [6, 6.07) is 0. The van der Waals surface area contributed by atoms with Crippen molar-refractivity contribution in [1.82, 2.24) is 0 Å². The van der Waals surface area contributed by atoms with E-state index in [1.54, 1.807) is 6.08 Å². The average molecular weight is 397 g/mol. The molecule has 0 aromatic rings. The summed E-state index contributed by atoms with van der Waals surface area (Å²) in [6.45, 7) is 0.454. The summed E-state index contributed by atoms with van der Waals surface area (Å²) in [7, 11) is 5.77. The van der Waals surface area contributed by atoms with Gasteiger partial charge in [-0.15, -0.1) is 0 Å². The van der Waals surface area contributed by atoms with Crippen LogP contribution < -0.4 is 0 Å². The molecule has 158 valence electrons.